The number of ether oxygens (including phenoxy) is 1. The van der Waals surface area contributed by atoms with Crippen LogP contribution in [0.5, 0.6) is 0 Å². The standard InChI is InChI=1S/C11H17NO/c1-9-3-5-13-11(6-9)7-10-2-4-12-8-10/h2,6,11-12H,3-5,7-8H2,1H3. The maximum absolute atomic E-state index is 5.67. The van der Waals surface area contributed by atoms with Crippen LogP contribution in [0.15, 0.2) is 23.3 Å². The van der Waals surface area contributed by atoms with Crippen LogP contribution < -0.4 is 5.32 Å². The summed E-state index contributed by atoms with van der Waals surface area (Å²) in [6.45, 7) is 5.17. The van der Waals surface area contributed by atoms with Crippen molar-refractivity contribution in [3.63, 3.8) is 0 Å². The molecule has 1 N–H and O–H groups in total. The molecule has 13 heavy (non-hydrogen) atoms. The van der Waals surface area contributed by atoms with Crippen molar-refractivity contribution in [2.24, 2.45) is 0 Å². The van der Waals surface area contributed by atoms with Crippen LogP contribution in [-0.2, 0) is 4.74 Å². The van der Waals surface area contributed by atoms with Gasteiger partial charge in [-0.3, -0.25) is 0 Å². The lowest BCUT2D eigenvalue weighted by Crippen LogP contribution is -2.18. The van der Waals surface area contributed by atoms with Crippen LogP contribution in [-0.4, -0.2) is 25.8 Å². The van der Waals surface area contributed by atoms with Crippen LogP contribution in [0.3, 0.4) is 0 Å². The maximum atomic E-state index is 5.67. The van der Waals surface area contributed by atoms with Gasteiger partial charge in [0.1, 0.15) is 0 Å². The highest BCUT2D eigenvalue weighted by Gasteiger charge is 2.14. The van der Waals surface area contributed by atoms with Gasteiger partial charge in [0.2, 0.25) is 0 Å². The first kappa shape index (κ1) is 8.97. The molecule has 1 unspecified atom stereocenters. The number of rotatable bonds is 2. The molecule has 0 saturated carbocycles. The Balaban J connectivity index is 1.90. The van der Waals surface area contributed by atoms with E-state index in [1.807, 2.05) is 0 Å². The molecule has 1 atom stereocenters. The molecule has 0 aliphatic carbocycles. The summed E-state index contributed by atoms with van der Waals surface area (Å²) in [5.41, 5.74) is 2.97. The van der Waals surface area contributed by atoms with Gasteiger partial charge >= 0.3 is 0 Å². The zero-order chi connectivity index (χ0) is 9.10. The van der Waals surface area contributed by atoms with Crippen LogP contribution in [0, 0.1) is 0 Å². The third-order valence-corrected chi connectivity index (χ3v) is 2.65. The Bertz CT molecular complexity index is 242. The van der Waals surface area contributed by atoms with Crippen molar-refractivity contribution in [3.8, 4) is 0 Å². The molecule has 2 heteroatoms. The predicted molar refractivity (Wildman–Crippen MR) is 53.7 cm³/mol. The summed E-state index contributed by atoms with van der Waals surface area (Å²) in [4.78, 5) is 0. The zero-order valence-corrected chi connectivity index (χ0v) is 8.18. The van der Waals surface area contributed by atoms with E-state index < -0.39 is 0 Å². The van der Waals surface area contributed by atoms with Crippen molar-refractivity contribution in [2.75, 3.05) is 19.7 Å². The van der Waals surface area contributed by atoms with Crippen molar-refractivity contribution < 1.29 is 4.74 Å². The molecule has 0 saturated heterocycles. The highest BCUT2D eigenvalue weighted by molar-refractivity contribution is 5.16. The molecule has 2 rings (SSSR count). The molecule has 0 bridgehead atoms. The van der Waals surface area contributed by atoms with Gasteiger partial charge in [-0.1, -0.05) is 23.3 Å². The SMILES string of the molecule is CC1=CC(CC2=CCNC2)OCC1. The lowest BCUT2D eigenvalue weighted by atomic mass is 10.0. The van der Waals surface area contributed by atoms with E-state index in [-0.39, 0.29) is 0 Å². The first-order valence-corrected chi connectivity index (χ1v) is 5.02. The highest BCUT2D eigenvalue weighted by atomic mass is 16.5. The molecule has 72 valence electrons. The quantitative estimate of drug-likeness (QED) is 0.651. The maximum Gasteiger partial charge on any atom is 0.0796 e. The number of hydrogen-bond donors (Lipinski definition) is 1. The molecular formula is C11H17NO. The largest absolute Gasteiger partial charge is 0.373 e. The number of hydrogen-bond acceptors (Lipinski definition) is 2. The summed E-state index contributed by atoms with van der Waals surface area (Å²) in [6, 6.07) is 0. The molecule has 2 aliphatic heterocycles. The van der Waals surface area contributed by atoms with Gasteiger partial charge < -0.3 is 10.1 Å². The summed E-state index contributed by atoms with van der Waals surface area (Å²) in [5.74, 6) is 0. The van der Waals surface area contributed by atoms with E-state index in [9.17, 15) is 0 Å². The molecular weight excluding hydrogens is 162 g/mol. The Morgan fingerprint density at radius 3 is 3.23 bits per heavy atom. The minimum absolute atomic E-state index is 0.333. The van der Waals surface area contributed by atoms with Crippen LogP contribution in [0.1, 0.15) is 19.8 Å². The summed E-state index contributed by atoms with van der Waals surface area (Å²) in [5, 5.41) is 3.30. The van der Waals surface area contributed by atoms with E-state index in [4.69, 9.17) is 4.74 Å². The Labute approximate surface area is 79.7 Å². The fourth-order valence-electron chi connectivity index (χ4n) is 1.87. The molecule has 2 aliphatic rings. The Morgan fingerprint density at radius 2 is 2.54 bits per heavy atom. The van der Waals surface area contributed by atoms with E-state index in [0.717, 1.165) is 32.5 Å². The Hall–Kier alpha value is -0.600. The molecule has 0 fully saturated rings. The van der Waals surface area contributed by atoms with Crippen molar-refractivity contribution in [1.82, 2.24) is 5.32 Å². The molecule has 0 radical (unpaired) electrons. The van der Waals surface area contributed by atoms with Gasteiger partial charge in [0.05, 0.1) is 12.7 Å². The average molecular weight is 179 g/mol. The summed E-state index contributed by atoms with van der Waals surface area (Å²) < 4.78 is 5.67. The minimum atomic E-state index is 0.333. The van der Waals surface area contributed by atoms with Gasteiger partial charge in [0.25, 0.3) is 0 Å². The van der Waals surface area contributed by atoms with Gasteiger partial charge in [0.15, 0.2) is 0 Å². The van der Waals surface area contributed by atoms with E-state index in [0.29, 0.717) is 6.10 Å². The second kappa shape index (κ2) is 4.07. The number of nitrogens with one attached hydrogen (secondary N) is 1. The van der Waals surface area contributed by atoms with Crippen molar-refractivity contribution in [1.29, 1.82) is 0 Å². The third-order valence-electron chi connectivity index (χ3n) is 2.65. The lowest BCUT2D eigenvalue weighted by Gasteiger charge is -2.20. The van der Waals surface area contributed by atoms with E-state index in [1.54, 1.807) is 0 Å². The summed E-state index contributed by atoms with van der Waals surface area (Å²) >= 11 is 0. The van der Waals surface area contributed by atoms with Gasteiger partial charge in [-0.25, -0.2) is 0 Å². The zero-order valence-electron chi connectivity index (χ0n) is 8.18. The Morgan fingerprint density at radius 1 is 1.62 bits per heavy atom. The van der Waals surface area contributed by atoms with Crippen molar-refractivity contribution >= 4 is 0 Å². The molecule has 0 aromatic rings. The first-order chi connectivity index (χ1) is 6.34. The topological polar surface area (TPSA) is 21.3 Å². The van der Waals surface area contributed by atoms with Crippen LogP contribution in [0.25, 0.3) is 0 Å². The van der Waals surface area contributed by atoms with Crippen LogP contribution >= 0.6 is 0 Å². The Kier molecular flexibility index (Phi) is 2.81. The minimum Gasteiger partial charge on any atom is -0.373 e. The van der Waals surface area contributed by atoms with Crippen LogP contribution in [0.2, 0.25) is 0 Å². The second-order valence-electron chi connectivity index (χ2n) is 3.87. The van der Waals surface area contributed by atoms with Gasteiger partial charge in [0, 0.05) is 13.1 Å². The molecule has 0 amide bonds. The average Bonchev–Trinajstić information content (AvgIpc) is 2.57. The smallest absolute Gasteiger partial charge is 0.0796 e. The van der Waals surface area contributed by atoms with Gasteiger partial charge in [-0.2, -0.15) is 0 Å². The van der Waals surface area contributed by atoms with E-state index in [2.05, 4.69) is 24.4 Å². The fraction of sp³-hybridized carbons (Fsp3) is 0.636. The third kappa shape index (κ3) is 2.42. The fourth-order valence-corrected chi connectivity index (χ4v) is 1.87. The molecule has 0 spiro atoms. The first-order valence-electron chi connectivity index (χ1n) is 5.02. The van der Waals surface area contributed by atoms with Gasteiger partial charge in [-0.05, 0) is 19.8 Å². The van der Waals surface area contributed by atoms with Crippen molar-refractivity contribution in [2.45, 2.75) is 25.9 Å². The molecule has 2 heterocycles. The molecule has 2 nitrogen and oxygen atoms in total. The predicted octanol–water partition coefficient (Wildman–Crippen LogP) is 1.64. The monoisotopic (exact) mass is 179 g/mol. The normalized spacial score (nSPS) is 28.5. The van der Waals surface area contributed by atoms with Crippen LogP contribution in [0.4, 0.5) is 0 Å². The van der Waals surface area contributed by atoms with E-state index in [1.165, 1.54) is 11.1 Å². The molecule has 0 aromatic heterocycles. The molecule has 0 aromatic carbocycles. The second-order valence-corrected chi connectivity index (χ2v) is 3.87. The summed E-state index contributed by atoms with van der Waals surface area (Å²) in [7, 11) is 0. The van der Waals surface area contributed by atoms with E-state index >= 15 is 0 Å². The summed E-state index contributed by atoms with van der Waals surface area (Å²) in [6.07, 6.45) is 7.06. The van der Waals surface area contributed by atoms with Crippen molar-refractivity contribution in [3.05, 3.63) is 23.3 Å². The highest BCUT2D eigenvalue weighted by Crippen LogP contribution is 2.18. The lowest BCUT2D eigenvalue weighted by molar-refractivity contribution is 0.0771. The van der Waals surface area contributed by atoms with Gasteiger partial charge in [-0.15, -0.1) is 0 Å².